The lowest BCUT2D eigenvalue weighted by Crippen LogP contribution is -2.40. The van der Waals surface area contributed by atoms with E-state index in [-0.39, 0.29) is 0 Å². The third-order valence-electron chi connectivity index (χ3n) is 7.14. The summed E-state index contributed by atoms with van der Waals surface area (Å²) in [6.07, 6.45) is 30.4. The predicted octanol–water partition coefficient (Wildman–Crippen LogP) is 7.51. The van der Waals surface area contributed by atoms with Gasteiger partial charge >= 0.3 is 0 Å². The van der Waals surface area contributed by atoms with Crippen LogP contribution in [0.4, 0.5) is 0 Å². The molecule has 3 aliphatic rings. The Labute approximate surface area is 174 Å². The molecular formula is C25H45NO2. The predicted molar refractivity (Wildman–Crippen MR) is 117 cm³/mol. The number of piperidine rings is 1. The Bertz CT molecular complexity index is 425. The average molecular weight is 392 g/mol. The van der Waals surface area contributed by atoms with Gasteiger partial charge in [-0.15, -0.1) is 4.99 Å². The fourth-order valence-electron chi connectivity index (χ4n) is 5.35. The van der Waals surface area contributed by atoms with Crippen LogP contribution in [-0.4, -0.2) is 23.8 Å². The van der Waals surface area contributed by atoms with Crippen LogP contribution in [-0.2, 0) is 9.88 Å². The number of hydroxylamine groups is 2. The fraction of sp³-hybridized carbons (Fsp3) is 0.920. The number of rotatable bonds is 0. The van der Waals surface area contributed by atoms with Crippen molar-refractivity contribution in [2.75, 3.05) is 6.54 Å². The van der Waals surface area contributed by atoms with E-state index >= 15 is 0 Å². The molecule has 1 saturated heterocycles. The molecule has 162 valence electrons. The molecule has 0 radical (unpaired) electrons. The molecule has 3 atom stereocenters. The lowest BCUT2D eigenvalue weighted by molar-refractivity contribution is -0.460. The molecule has 1 aliphatic carbocycles. The van der Waals surface area contributed by atoms with Crippen LogP contribution < -0.4 is 0 Å². The number of nitrogens with zero attached hydrogens (tertiary/aromatic N) is 1. The van der Waals surface area contributed by atoms with Crippen LogP contribution in [0.5, 0.6) is 0 Å². The van der Waals surface area contributed by atoms with Crippen LogP contribution in [0.3, 0.4) is 0 Å². The number of fused-ring (bicyclic) bond motifs is 3. The van der Waals surface area contributed by atoms with Crippen LogP contribution in [0.2, 0.25) is 0 Å². The molecule has 28 heavy (non-hydrogen) atoms. The summed E-state index contributed by atoms with van der Waals surface area (Å²) in [5.41, 5.74) is 0. The minimum Gasteiger partial charge on any atom is -0.215 e. The molecule has 3 heteroatoms. The van der Waals surface area contributed by atoms with Crippen molar-refractivity contribution in [1.82, 2.24) is 5.06 Å². The maximum absolute atomic E-state index is 6.00. The van der Waals surface area contributed by atoms with Gasteiger partial charge in [-0.05, 0) is 63.7 Å². The average Bonchev–Trinajstić information content (AvgIpc) is 2.73. The van der Waals surface area contributed by atoms with Gasteiger partial charge in [-0.25, -0.2) is 4.89 Å². The summed E-state index contributed by atoms with van der Waals surface area (Å²) in [6, 6.07) is 0.576. The molecule has 0 aromatic carbocycles. The van der Waals surface area contributed by atoms with E-state index in [0.717, 1.165) is 12.5 Å². The molecule has 2 bridgehead atoms. The summed E-state index contributed by atoms with van der Waals surface area (Å²) in [7, 11) is 0. The quantitative estimate of drug-likeness (QED) is 0.315. The van der Waals surface area contributed by atoms with Gasteiger partial charge in [0.15, 0.2) is 0 Å². The van der Waals surface area contributed by atoms with E-state index in [1.165, 1.54) is 122 Å². The lowest BCUT2D eigenvalue weighted by Gasteiger charge is -2.35. The highest BCUT2D eigenvalue weighted by Gasteiger charge is 2.27. The minimum atomic E-state index is 0.315. The molecular weight excluding hydrogens is 346 g/mol. The second-order valence-electron chi connectivity index (χ2n) is 9.57. The normalized spacial score (nSPS) is 33.5. The van der Waals surface area contributed by atoms with E-state index in [9.17, 15) is 0 Å². The molecule has 3 nitrogen and oxygen atoms in total. The Hall–Kier alpha value is -0.380. The van der Waals surface area contributed by atoms with Crippen molar-refractivity contribution in [1.29, 1.82) is 0 Å². The Morgan fingerprint density at radius 3 is 2.11 bits per heavy atom. The van der Waals surface area contributed by atoms with Crippen LogP contribution in [0.25, 0.3) is 0 Å². The van der Waals surface area contributed by atoms with Gasteiger partial charge in [0, 0.05) is 12.6 Å². The monoisotopic (exact) mass is 391 g/mol. The molecule has 2 fully saturated rings. The molecule has 3 unspecified atom stereocenters. The third-order valence-corrected chi connectivity index (χ3v) is 7.14. The number of allylic oxidation sites excluding steroid dienone is 2. The van der Waals surface area contributed by atoms with Crippen molar-refractivity contribution in [3.05, 3.63) is 12.2 Å². The SMILES string of the molecule is C1=CCCCCC2CCCC(C2)OON2CCCCC2CCCCCCCC1. The van der Waals surface area contributed by atoms with Gasteiger partial charge in [-0.2, -0.15) is 5.06 Å². The summed E-state index contributed by atoms with van der Waals surface area (Å²) >= 11 is 0. The van der Waals surface area contributed by atoms with E-state index < -0.39 is 0 Å². The highest BCUT2D eigenvalue weighted by molar-refractivity contribution is 4.82. The van der Waals surface area contributed by atoms with Crippen molar-refractivity contribution in [3.8, 4) is 0 Å². The van der Waals surface area contributed by atoms with Gasteiger partial charge in [0.2, 0.25) is 0 Å². The van der Waals surface area contributed by atoms with Crippen LogP contribution in [0.1, 0.15) is 122 Å². The number of hydrogen-bond donors (Lipinski definition) is 0. The number of hydrogen-bond acceptors (Lipinski definition) is 3. The summed E-state index contributed by atoms with van der Waals surface area (Å²) in [5, 5.41) is 2.20. The molecule has 3 rings (SSSR count). The highest BCUT2D eigenvalue weighted by Crippen LogP contribution is 2.31. The third kappa shape index (κ3) is 8.55. The first-order valence-corrected chi connectivity index (χ1v) is 12.7. The van der Waals surface area contributed by atoms with E-state index in [1.54, 1.807) is 0 Å². The zero-order valence-corrected chi connectivity index (χ0v) is 18.3. The molecule has 0 aromatic rings. The summed E-state index contributed by atoms with van der Waals surface area (Å²) in [6.45, 7) is 1.05. The van der Waals surface area contributed by atoms with Gasteiger partial charge < -0.3 is 0 Å². The van der Waals surface area contributed by atoms with Crippen molar-refractivity contribution in [2.45, 2.75) is 134 Å². The van der Waals surface area contributed by atoms with Gasteiger partial charge in [-0.3, -0.25) is 0 Å². The van der Waals surface area contributed by atoms with E-state index in [4.69, 9.17) is 9.88 Å². The molecule has 0 spiro atoms. The molecule has 0 amide bonds. The van der Waals surface area contributed by atoms with Crippen molar-refractivity contribution >= 4 is 0 Å². The first kappa shape index (κ1) is 22.3. The Morgan fingerprint density at radius 2 is 1.25 bits per heavy atom. The first-order chi connectivity index (χ1) is 13.9. The highest BCUT2D eigenvalue weighted by atomic mass is 17.3. The Balaban J connectivity index is 1.47. The zero-order chi connectivity index (χ0) is 19.3. The molecule has 0 aromatic heterocycles. The first-order valence-electron chi connectivity index (χ1n) is 12.7. The standard InChI is InChI=1S/C25H45NO2/c1-2-4-6-8-10-12-18-24-19-13-14-21-26(24)28-27-25-20-15-17-23(22-25)16-11-9-7-5-3-1/h3,5,23-25H,1-2,4,6-22H2. The van der Waals surface area contributed by atoms with Crippen LogP contribution in [0, 0.1) is 5.92 Å². The Kier molecular flexibility index (Phi) is 11.0. The lowest BCUT2D eigenvalue weighted by atomic mass is 9.84. The van der Waals surface area contributed by atoms with E-state index in [1.807, 2.05) is 0 Å². The van der Waals surface area contributed by atoms with Crippen molar-refractivity contribution < 1.29 is 9.88 Å². The summed E-state index contributed by atoms with van der Waals surface area (Å²) in [5.74, 6) is 0.845. The Morgan fingerprint density at radius 1 is 0.607 bits per heavy atom. The molecule has 0 N–H and O–H groups in total. The van der Waals surface area contributed by atoms with Gasteiger partial charge in [0.1, 0.15) is 0 Å². The zero-order valence-electron chi connectivity index (χ0n) is 18.3. The molecule has 1 saturated carbocycles. The smallest absolute Gasteiger partial charge is 0.0952 e. The fourth-order valence-corrected chi connectivity index (χ4v) is 5.35. The second-order valence-corrected chi connectivity index (χ2v) is 9.57. The summed E-state index contributed by atoms with van der Waals surface area (Å²) in [4.78, 5) is 12.0. The van der Waals surface area contributed by atoms with Gasteiger partial charge in [0.25, 0.3) is 0 Å². The maximum atomic E-state index is 6.00. The van der Waals surface area contributed by atoms with E-state index in [0.29, 0.717) is 12.1 Å². The van der Waals surface area contributed by atoms with Crippen LogP contribution >= 0.6 is 0 Å². The largest absolute Gasteiger partial charge is 0.215 e. The maximum Gasteiger partial charge on any atom is 0.0952 e. The van der Waals surface area contributed by atoms with Crippen molar-refractivity contribution in [2.24, 2.45) is 5.92 Å². The van der Waals surface area contributed by atoms with Crippen LogP contribution in [0.15, 0.2) is 12.2 Å². The molecule has 2 aliphatic heterocycles. The summed E-state index contributed by atoms with van der Waals surface area (Å²) < 4.78 is 0. The van der Waals surface area contributed by atoms with Gasteiger partial charge in [0.05, 0.1) is 6.10 Å². The van der Waals surface area contributed by atoms with Gasteiger partial charge in [-0.1, -0.05) is 76.4 Å². The van der Waals surface area contributed by atoms with Crippen molar-refractivity contribution in [3.63, 3.8) is 0 Å². The van der Waals surface area contributed by atoms with E-state index in [2.05, 4.69) is 17.2 Å². The molecule has 2 heterocycles. The second kappa shape index (κ2) is 13.8. The topological polar surface area (TPSA) is 21.7 Å². The minimum absolute atomic E-state index is 0.315.